The number of aryl methyl sites for hydroxylation is 1. The van der Waals surface area contributed by atoms with Crippen molar-refractivity contribution in [3.05, 3.63) is 59.2 Å². The van der Waals surface area contributed by atoms with E-state index in [-0.39, 0.29) is 11.2 Å². The predicted octanol–water partition coefficient (Wildman–Crippen LogP) is 3.44. The lowest BCUT2D eigenvalue weighted by molar-refractivity contribution is -0.115. The summed E-state index contributed by atoms with van der Waals surface area (Å²) in [6.07, 6.45) is 0.725. The minimum Gasteiger partial charge on any atom is -0.465 e. The molecule has 2 aromatic rings. The molecule has 1 amide bonds. The number of rotatable bonds is 3. The van der Waals surface area contributed by atoms with E-state index in [1.54, 1.807) is 30.0 Å². The number of methoxy groups -OCH3 is 1. The smallest absolute Gasteiger partial charge is 0.337 e. The van der Waals surface area contributed by atoms with Gasteiger partial charge in [-0.1, -0.05) is 24.3 Å². The Labute approximate surface area is 139 Å². The number of nitrogens with one attached hydrogen (secondary N) is 1. The van der Waals surface area contributed by atoms with Crippen molar-refractivity contribution in [1.82, 2.24) is 0 Å². The van der Waals surface area contributed by atoms with E-state index in [9.17, 15) is 9.59 Å². The monoisotopic (exact) mass is 327 g/mol. The molecule has 23 heavy (non-hydrogen) atoms. The predicted molar refractivity (Wildman–Crippen MR) is 90.9 cm³/mol. The van der Waals surface area contributed by atoms with E-state index in [1.165, 1.54) is 12.7 Å². The molecule has 0 aromatic heterocycles. The van der Waals surface area contributed by atoms with E-state index in [0.29, 0.717) is 11.3 Å². The second kappa shape index (κ2) is 6.46. The Morgan fingerprint density at radius 3 is 2.74 bits per heavy atom. The van der Waals surface area contributed by atoms with Crippen molar-refractivity contribution in [2.24, 2.45) is 0 Å². The van der Waals surface area contributed by atoms with Gasteiger partial charge in [0.15, 0.2) is 0 Å². The second-order valence-corrected chi connectivity index (χ2v) is 6.67. The number of ether oxygens (including phenoxy) is 1. The number of fused-ring (bicyclic) bond motifs is 1. The van der Waals surface area contributed by atoms with Crippen LogP contribution in [0, 0.1) is 6.92 Å². The molecule has 0 spiro atoms. The molecule has 0 saturated carbocycles. The molecule has 0 fully saturated rings. The third-order valence-electron chi connectivity index (χ3n) is 3.86. The van der Waals surface area contributed by atoms with Gasteiger partial charge in [-0.15, -0.1) is 11.8 Å². The molecule has 0 bridgehead atoms. The van der Waals surface area contributed by atoms with E-state index >= 15 is 0 Å². The second-order valence-electron chi connectivity index (χ2n) is 5.43. The van der Waals surface area contributed by atoms with E-state index < -0.39 is 5.97 Å². The Balaban J connectivity index is 1.75. The number of amides is 1. The summed E-state index contributed by atoms with van der Waals surface area (Å²) in [4.78, 5) is 25.3. The zero-order valence-electron chi connectivity index (χ0n) is 13.0. The first-order chi connectivity index (χ1) is 11.1. The molecule has 118 valence electrons. The van der Waals surface area contributed by atoms with Gasteiger partial charge in [-0.3, -0.25) is 4.79 Å². The Bertz CT molecular complexity index is 748. The first-order valence-electron chi connectivity index (χ1n) is 7.33. The largest absolute Gasteiger partial charge is 0.465 e. The van der Waals surface area contributed by atoms with Gasteiger partial charge in [0.05, 0.1) is 17.9 Å². The fraction of sp³-hybridized carbons (Fsp3) is 0.222. The number of hydrogen-bond acceptors (Lipinski definition) is 4. The van der Waals surface area contributed by atoms with E-state index in [2.05, 4.69) is 11.4 Å². The zero-order chi connectivity index (χ0) is 16.4. The van der Waals surface area contributed by atoms with Crippen molar-refractivity contribution < 1.29 is 14.3 Å². The average Bonchev–Trinajstić information content (AvgIpc) is 3.00. The fourth-order valence-corrected chi connectivity index (χ4v) is 3.74. The molecule has 0 saturated heterocycles. The number of thioether (sulfide) groups is 1. The molecule has 0 radical (unpaired) electrons. The fourth-order valence-electron chi connectivity index (χ4n) is 2.54. The number of carbonyl (C=O) groups is 2. The van der Waals surface area contributed by atoms with Crippen molar-refractivity contribution in [2.45, 2.75) is 23.5 Å². The summed E-state index contributed by atoms with van der Waals surface area (Å²) in [5, 5.41) is 2.79. The summed E-state index contributed by atoms with van der Waals surface area (Å²) in [5.41, 5.74) is 3.19. The first kappa shape index (κ1) is 15.6. The molecular weight excluding hydrogens is 310 g/mol. The van der Waals surface area contributed by atoms with Crippen LogP contribution in [0.25, 0.3) is 0 Å². The number of esters is 1. The normalized spacial score (nSPS) is 15.8. The van der Waals surface area contributed by atoms with Gasteiger partial charge in [-0.2, -0.15) is 0 Å². The van der Waals surface area contributed by atoms with Crippen molar-refractivity contribution in [1.29, 1.82) is 0 Å². The van der Waals surface area contributed by atoms with Crippen molar-refractivity contribution in [3.8, 4) is 0 Å². The maximum Gasteiger partial charge on any atom is 0.337 e. The maximum atomic E-state index is 12.5. The average molecular weight is 327 g/mol. The highest BCUT2D eigenvalue weighted by atomic mass is 32.2. The molecule has 1 unspecified atom stereocenters. The van der Waals surface area contributed by atoms with Gasteiger partial charge in [0, 0.05) is 10.6 Å². The third kappa shape index (κ3) is 3.24. The Hall–Kier alpha value is -2.27. The van der Waals surface area contributed by atoms with E-state index in [0.717, 1.165) is 16.9 Å². The molecule has 1 atom stereocenters. The lowest BCUT2D eigenvalue weighted by Crippen LogP contribution is -2.25. The van der Waals surface area contributed by atoms with Gasteiger partial charge in [0.2, 0.25) is 5.91 Å². The Kier molecular flexibility index (Phi) is 4.39. The van der Waals surface area contributed by atoms with Gasteiger partial charge in [0.1, 0.15) is 0 Å². The summed E-state index contributed by atoms with van der Waals surface area (Å²) in [6, 6.07) is 13.2. The number of anilines is 1. The molecular formula is C18H17NO3S. The van der Waals surface area contributed by atoms with Crippen LogP contribution >= 0.6 is 11.8 Å². The van der Waals surface area contributed by atoms with Gasteiger partial charge >= 0.3 is 5.97 Å². The zero-order valence-corrected chi connectivity index (χ0v) is 13.8. The highest BCUT2D eigenvalue weighted by Gasteiger charge is 2.28. The van der Waals surface area contributed by atoms with E-state index in [4.69, 9.17) is 4.74 Å². The van der Waals surface area contributed by atoms with Crippen LogP contribution in [0.1, 0.15) is 21.5 Å². The highest BCUT2D eigenvalue weighted by molar-refractivity contribution is 8.01. The summed E-state index contributed by atoms with van der Waals surface area (Å²) >= 11 is 1.58. The third-order valence-corrected chi connectivity index (χ3v) is 5.17. The quantitative estimate of drug-likeness (QED) is 0.878. The summed E-state index contributed by atoms with van der Waals surface area (Å²) in [7, 11) is 1.34. The van der Waals surface area contributed by atoms with Crippen LogP contribution in [0.2, 0.25) is 0 Å². The molecule has 1 aliphatic rings. The van der Waals surface area contributed by atoms with Crippen LogP contribution in [-0.4, -0.2) is 24.2 Å². The van der Waals surface area contributed by atoms with Gasteiger partial charge in [-0.05, 0) is 42.7 Å². The molecule has 1 N–H and O–H groups in total. The molecule has 2 aromatic carbocycles. The van der Waals surface area contributed by atoms with Crippen LogP contribution in [-0.2, 0) is 16.0 Å². The Morgan fingerprint density at radius 1 is 1.22 bits per heavy atom. The van der Waals surface area contributed by atoms with Gasteiger partial charge in [0.25, 0.3) is 0 Å². The molecule has 5 heteroatoms. The lowest BCUT2D eigenvalue weighted by atomic mass is 10.1. The highest BCUT2D eigenvalue weighted by Crippen LogP contribution is 2.37. The SMILES string of the molecule is COC(=O)c1ccc(C)c(NC(=O)C2Cc3ccccc3S2)c1. The maximum absolute atomic E-state index is 12.5. The topological polar surface area (TPSA) is 55.4 Å². The summed E-state index contributed by atoms with van der Waals surface area (Å²) < 4.78 is 4.72. The Morgan fingerprint density at radius 2 is 2.00 bits per heavy atom. The standard InChI is InChI=1S/C18H17NO3S/c1-11-7-8-13(18(21)22-2)9-14(11)19-17(20)16-10-12-5-3-4-6-15(12)23-16/h3-9,16H,10H2,1-2H3,(H,19,20). The molecule has 0 aliphatic carbocycles. The van der Waals surface area contributed by atoms with Gasteiger partial charge in [-0.25, -0.2) is 4.79 Å². The van der Waals surface area contributed by atoms with Crippen LogP contribution in [0.15, 0.2) is 47.4 Å². The van der Waals surface area contributed by atoms with E-state index in [1.807, 2.05) is 25.1 Å². The number of carbonyl (C=O) groups excluding carboxylic acids is 2. The number of hydrogen-bond donors (Lipinski definition) is 1. The lowest BCUT2D eigenvalue weighted by Gasteiger charge is -2.13. The number of benzene rings is 2. The minimum absolute atomic E-state index is 0.0451. The van der Waals surface area contributed by atoms with Gasteiger partial charge < -0.3 is 10.1 Å². The van der Waals surface area contributed by atoms with Crippen LogP contribution in [0.3, 0.4) is 0 Å². The molecule has 3 rings (SSSR count). The summed E-state index contributed by atoms with van der Waals surface area (Å²) in [6.45, 7) is 1.90. The van der Waals surface area contributed by atoms with Crippen molar-refractivity contribution in [2.75, 3.05) is 12.4 Å². The minimum atomic E-state index is -0.414. The van der Waals surface area contributed by atoms with Crippen LogP contribution in [0.4, 0.5) is 5.69 Å². The molecule has 4 nitrogen and oxygen atoms in total. The van der Waals surface area contributed by atoms with Crippen molar-refractivity contribution in [3.63, 3.8) is 0 Å². The summed E-state index contributed by atoms with van der Waals surface area (Å²) in [5.74, 6) is -0.459. The van der Waals surface area contributed by atoms with Crippen LogP contribution in [0.5, 0.6) is 0 Å². The van der Waals surface area contributed by atoms with Crippen molar-refractivity contribution >= 4 is 29.3 Å². The first-order valence-corrected chi connectivity index (χ1v) is 8.21. The molecule has 1 aliphatic heterocycles. The molecule has 1 heterocycles. The van der Waals surface area contributed by atoms with Crippen LogP contribution < -0.4 is 5.32 Å².